The van der Waals surface area contributed by atoms with Crippen molar-refractivity contribution in [2.75, 3.05) is 0 Å². The molecule has 0 aliphatic rings. The summed E-state index contributed by atoms with van der Waals surface area (Å²) in [5, 5.41) is 0. The second-order valence-electron chi connectivity index (χ2n) is 9.23. The third-order valence-corrected chi connectivity index (χ3v) is 6.83. The average Bonchev–Trinajstić information content (AvgIpc) is 2.31. The second-order valence-corrected chi connectivity index (χ2v) is 9.23. The normalized spacial score (nSPS) is 14.3. The molecule has 0 aromatic heterocycles. The lowest BCUT2D eigenvalue weighted by Crippen LogP contribution is -2.53. The Balaban J connectivity index is 5.76. The van der Waals surface area contributed by atoms with Gasteiger partial charge in [0.1, 0.15) is 0 Å². The first kappa shape index (κ1) is 21.0. The molecule has 0 aromatic rings. The predicted octanol–water partition coefficient (Wildman–Crippen LogP) is 7.43. The fraction of sp³-hybridized carbons (Fsp3) is 1.00. The summed E-state index contributed by atoms with van der Waals surface area (Å²) in [7, 11) is 0. The van der Waals surface area contributed by atoms with E-state index < -0.39 is 0 Å². The zero-order valence-corrected chi connectivity index (χ0v) is 17.0. The van der Waals surface area contributed by atoms with Crippen LogP contribution in [-0.2, 0) is 0 Å². The minimum absolute atomic E-state index is 0.395. The molecule has 0 aromatic carbocycles. The summed E-state index contributed by atoms with van der Waals surface area (Å²) in [6.07, 6.45) is 4.13. The van der Waals surface area contributed by atoms with Gasteiger partial charge in [-0.1, -0.05) is 89.0 Å². The lowest BCUT2D eigenvalue weighted by atomic mass is 9.45. The molecule has 0 spiro atoms. The molecule has 0 heterocycles. The molecule has 0 fully saturated rings. The van der Waals surface area contributed by atoms with Crippen LogP contribution in [0.25, 0.3) is 0 Å². The first-order valence-corrected chi connectivity index (χ1v) is 9.44. The molecule has 0 bridgehead atoms. The molecule has 0 radical (unpaired) electrons. The maximum Gasteiger partial charge on any atom is -0.0193 e. The molecule has 0 aliphatic carbocycles. The molecule has 0 rings (SSSR count). The van der Waals surface area contributed by atoms with Crippen molar-refractivity contribution in [2.24, 2.45) is 40.4 Å². The van der Waals surface area contributed by atoms with Crippen LogP contribution in [0.5, 0.6) is 0 Å². The van der Waals surface area contributed by atoms with Gasteiger partial charge in [-0.25, -0.2) is 0 Å². The summed E-state index contributed by atoms with van der Waals surface area (Å²) in [6, 6.07) is 0. The van der Waals surface area contributed by atoms with Crippen LogP contribution in [-0.4, -0.2) is 0 Å². The van der Waals surface area contributed by atoms with Crippen LogP contribution >= 0.6 is 0 Å². The molecular formula is C21H44. The van der Waals surface area contributed by atoms with Crippen LogP contribution in [0.2, 0.25) is 0 Å². The Morgan fingerprint density at radius 3 is 1.24 bits per heavy atom. The van der Waals surface area contributed by atoms with Gasteiger partial charge in [0.05, 0.1) is 0 Å². The first-order chi connectivity index (χ1) is 9.44. The van der Waals surface area contributed by atoms with Crippen molar-refractivity contribution in [1.82, 2.24) is 0 Å². The lowest BCUT2D eigenvalue weighted by Gasteiger charge is -2.59. The van der Waals surface area contributed by atoms with Crippen molar-refractivity contribution in [2.45, 2.75) is 95.4 Å². The molecule has 0 amide bonds. The van der Waals surface area contributed by atoms with Crippen LogP contribution < -0.4 is 0 Å². The van der Waals surface area contributed by atoms with Crippen molar-refractivity contribution >= 4 is 0 Å². The summed E-state index contributed by atoms with van der Waals surface area (Å²) >= 11 is 0. The topological polar surface area (TPSA) is 0 Å². The van der Waals surface area contributed by atoms with E-state index in [2.05, 4.69) is 76.2 Å². The highest BCUT2D eigenvalue weighted by molar-refractivity contribution is 5.02. The Kier molecular flexibility index (Phi) is 8.02. The fourth-order valence-corrected chi connectivity index (χ4v) is 5.30. The zero-order valence-electron chi connectivity index (χ0n) is 17.0. The smallest absolute Gasteiger partial charge is 0.0193 e. The SMILES string of the molecule is CC(C)CCCC(C(C)C)(C(C)C)C(C)(C(C)C)C(C)C. The van der Waals surface area contributed by atoms with Gasteiger partial charge in [-0.15, -0.1) is 0 Å². The van der Waals surface area contributed by atoms with E-state index in [4.69, 9.17) is 0 Å². The summed E-state index contributed by atoms with van der Waals surface area (Å²) in [5.74, 6) is 3.74. The quantitative estimate of drug-likeness (QED) is 0.415. The minimum atomic E-state index is 0.395. The minimum Gasteiger partial charge on any atom is -0.0628 e. The number of rotatable bonds is 9. The molecule has 0 nitrogen and oxygen atoms in total. The highest BCUT2D eigenvalue weighted by atomic mass is 14.6. The van der Waals surface area contributed by atoms with E-state index in [0.29, 0.717) is 10.8 Å². The molecule has 0 saturated heterocycles. The van der Waals surface area contributed by atoms with Gasteiger partial charge in [0.15, 0.2) is 0 Å². The van der Waals surface area contributed by atoms with Gasteiger partial charge in [-0.05, 0) is 46.8 Å². The van der Waals surface area contributed by atoms with E-state index >= 15 is 0 Å². The van der Waals surface area contributed by atoms with Crippen LogP contribution in [0.15, 0.2) is 0 Å². The molecule has 0 heteroatoms. The Hall–Kier alpha value is 0. The molecule has 0 unspecified atom stereocenters. The van der Waals surface area contributed by atoms with Gasteiger partial charge in [0.2, 0.25) is 0 Å². The van der Waals surface area contributed by atoms with Gasteiger partial charge < -0.3 is 0 Å². The number of hydrogen-bond donors (Lipinski definition) is 0. The standard InChI is InChI=1S/C21H44/c1-15(2)13-12-14-21(18(7)8,19(9)10)20(11,16(3)4)17(5)6/h15-19H,12-14H2,1-11H3. The van der Waals surface area contributed by atoms with Crippen LogP contribution in [0, 0.1) is 40.4 Å². The maximum atomic E-state index is 2.58. The van der Waals surface area contributed by atoms with Crippen molar-refractivity contribution in [3.8, 4) is 0 Å². The van der Waals surface area contributed by atoms with Gasteiger partial charge in [0, 0.05) is 0 Å². The van der Waals surface area contributed by atoms with Crippen molar-refractivity contribution in [3.05, 3.63) is 0 Å². The van der Waals surface area contributed by atoms with E-state index in [1.54, 1.807) is 0 Å². The molecular weight excluding hydrogens is 252 g/mol. The van der Waals surface area contributed by atoms with Gasteiger partial charge in [-0.3, -0.25) is 0 Å². The first-order valence-electron chi connectivity index (χ1n) is 9.44. The Bertz CT molecular complexity index is 264. The van der Waals surface area contributed by atoms with Crippen LogP contribution in [0.4, 0.5) is 0 Å². The Morgan fingerprint density at radius 1 is 0.619 bits per heavy atom. The number of hydrogen-bond acceptors (Lipinski definition) is 0. The molecule has 0 saturated carbocycles. The largest absolute Gasteiger partial charge is 0.0628 e. The van der Waals surface area contributed by atoms with E-state index in [1.165, 1.54) is 19.3 Å². The molecule has 0 aliphatic heterocycles. The van der Waals surface area contributed by atoms with Crippen molar-refractivity contribution in [3.63, 3.8) is 0 Å². The van der Waals surface area contributed by atoms with Crippen LogP contribution in [0.1, 0.15) is 95.4 Å². The Labute approximate surface area is 136 Å². The summed E-state index contributed by atoms with van der Waals surface area (Å²) < 4.78 is 0. The van der Waals surface area contributed by atoms with E-state index in [0.717, 1.165) is 29.6 Å². The monoisotopic (exact) mass is 296 g/mol. The van der Waals surface area contributed by atoms with Crippen molar-refractivity contribution < 1.29 is 0 Å². The molecule has 0 N–H and O–H groups in total. The summed E-state index contributed by atoms with van der Waals surface area (Å²) in [4.78, 5) is 0. The van der Waals surface area contributed by atoms with E-state index in [-0.39, 0.29) is 0 Å². The van der Waals surface area contributed by atoms with E-state index in [9.17, 15) is 0 Å². The zero-order chi connectivity index (χ0) is 17.0. The molecule has 21 heavy (non-hydrogen) atoms. The lowest BCUT2D eigenvalue weighted by molar-refractivity contribution is -0.112. The molecule has 128 valence electrons. The predicted molar refractivity (Wildman–Crippen MR) is 98.6 cm³/mol. The fourth-order valence-electron chi connectivity index (χ4n) is 5.30. The van der Waals surface area contributed by atoms with Crippen molar-refractivity contribution in [1.29, 1.82) is 0 Å². The van der Waals surface area contributed by atoms with Gasteiger partial charge in [-0.2, -0.15) is 0 Å². The maximum absolute atomic E-state index is 2.58. The summed E-state index contributed by atoms with van der Waals surface area (Å²) in [6.45, 7) is 27.0. The molecule has 0 atom stereocenters. The van der Waals surface area contributed by atoms with Crippen LogP contribution in [0.3, 0.4) is 0 Å². The summed E-state index contributed by atoms with van der Waals surface area (Å²) in [5.41, 5.74) is 0.830. The average molecular weight is 297 g/mol. The highest BCUT2D eigenvalue weighted by Gasteiger charge is 2.54. The Morgan fingerprint density at radius 2 is 1.00 bits per heavy atom. The highest BCUT2D eigenvalue weighted by Crippen LogP contribution is 2.60. The van der Waals surface area contributed by atoms with Gasteiger partial charge in [0.25, 0.3) is 0 Å². The van der Waals surface area contributed by atoms with Gasteiger partial charge >= 0.3 is 0 Å². The van der Waals surface area contributed by atoms with E-state index in [1.807, 2.05) is 0 Å². The third-order valence-electron chi connectivity index (χ3n) is 6.83. The second kappa shape index (κ2) is 8.02. The third kappa shape index (κ3) is 4.05.